The number of hydrazone groups is 1. The van der Waals surface area contributed by atoms with Crippen molar-refractivity contribution in [1.29, 1.82) is 0 Å². The van der Waals surface area contributed by atoms with Crippen LogP contribution in [0.3, 0.4) is 0 Å². The number of halogens is 4. The van der Waals surface area contributed by atoms with Gasteiger partial charge in [0.25, 0.3) is 5.91 Å². The van der Waals surface area contributed by atoms with Crippen LogP contribution in [0, 0.1) is 10.1 Å². The molecule has 0 saturated heterocycles. The molecule has 0 radical (unpaired) electrons. The first kappa shape index (κ1) is 30.9. The summed E-state index contributed by atoms with van der Waals surface area (Å²) in [6.07, 6.45) is -1.89. The van der Waals surface area contributed by atoms with E-state index in [0.717, 1.165) is 6.07 Å². The molecule has 0 saturated carbocycles. The normalized spacial score (nSPS) is 11.2. The summed E-state index contributed by atoms with van der Waals surface area (Å²) < 4.78 is 61.3. The maximum absolute atomic E-state index is 13.0. The fourth-order valence-corrected chi connectivity index (χ4v) is 3.90. The van der Waals surface area contributed by atoms with Crippen molar-refractivity contribution in [2.24, 2.45) is 5.10 Å². The van der Waals surface area contributed by atoms with E-state index >= 15 is 0 Å². The number of hydrogen-bond donors (Lipinski definition) is 1. The van der Waals surface area contributed by atoms with Crippen molar-refractivity contribution < 1.29 is 41.8 Å². The lowest BCUT2D eigenvalue weighted by Crippen LogP contribution is -2.17. The van der Waals surface area contributed by atoms with E-state index in [0.29, 0.717) is 35.8 Å². The molecule has 41 heavy (non-hydrogen) atoms. The quantitative estimate of drug-likeness (QED) is 0.0991. The number of nitro groups is 1. The van der Waals surface area contributed by atoms with E-state index in [1.165, 1.54) is 37.6 Å². The molecular formula is C27H23BrF3N3O7. The molecule has 3 aromatic rings. The average molecular weight is 638 g/mol. The van der Waals surface area contributed by atoms with Crippen molar-refractivity contribution in [3.8, 4) is 28.7 Å². The summed E-state index contributed by atoms with van der Waals surface area (Å²) in [7, 11) is 1.30. The summed E-state index contributed by atoms with van der Waals surface area (Å²) in [5.41, 5.74) is 1.00. The molecule has 216 valence electrons. The number of carbonyl (C=O) groups is 1. The smallest absolute Gasteiger partial charge is 0.416 e. The zero-order chi connectivity index (χ0) is 30.2. The number of nitro benzene ring substituents is 1. The third kappa shape index (κ3) is 7.97. The van der Waals surface area contributed by atoms with Gasteiger partial charge in [0.1, 0.15) is 6.61 Å². The Hall–Kier alpha value is -4.59. The highest BCUT2D eigenvalue weighted by Crippen LogP contribution is 2.43. The molecule has 3 aromatic carbocycles. The van der Waals surface area contributed by atoms with Gasteiger partial charge in [-0.1, -0.05) is 12.7 Å². The first-order valence-electron chi connectivity index (χ1n) is 11.7. The van der Waals surface area contributed by atoms with E-state index < -0.39 is 34.0 Å². The molecule has 10 nitrogen and oxygen atoms in total. The number of amides is 1. The molecule has 0 spiro atoms. The molecule has 0 aliphatic heterocycles. The van der Waals surface area contributed by atoms with Gasteiger partial charge in [0.05, 0.1) is 34.9 Å². The first-order chi connectivity index (χ1) is 19.5. The minimum atomic E-state index is -4.77. The molecule has 0 fully saturated rings. The lowest BCUT2D eigenvalue weighted by molar-refractivity contribution is -0.385. The van der Waals surface area contributed by atoms with Crippen LogP contribution in [0.1, 0.15) is 28.4 Å². The molecular weight excluding hydrogens is 615 g/mol. The second kappa shape index (κ2) is 13.7. The molecule has 0 aliphatic rings. The molecule has 0 bridgehead atoms. The third-order valence-electron chi connectivity index (χ3n) is 5.19. The van der Waals surface area contributed by atoms with E-state index in [-0.39, 0.29) is 28.1 Å². The van der Waals surface area contributed by atoms with Crippen molar-refractivity contribution in [3.05, 3.63) is 92.5 Å². The monoisotopic (exact) mass is 637 g/mol. The number of carbonyl (C=O) groups excluding carboxylic acids is 1. The maximum Gasteiger partial charge on any atom is 0.416 e. The number of hydrogen-bond acceptors (Lipinski definition) is 8. The average Bonchev–Trinajstić information content (AvgIpc) is 2.93. The van der Waals surface area contributed by atoms with Gasteiger partial charge in [-0.25, -0.2) is 5.43 Å². The predicted molar refractivity (Wildman–Crippen MR) is 147 cm³/mol. The molecule has 14 heteroatoms. The Morgan fingerprint density at radius 2 is 1.83 bits per heavy atom. The van der Waals surface area contributed by atoms with Crippen LogP contribution in [-0.2, 0) is 6.18 Å². The molecule has 0 unspecified atom stereocenters. The van der Waals surface area contributed by atoms with Crippen LogP contribution in [-0.4, -0.2) is 37.4 Å². The molecule has 0 aromatic heterocycles. The summed E-state index contributed by atoms with van der Waals surface area (Å²) in [4.78, 5) is 23.1. The minimum absolute atomic E-state index is 0.0289. The SMILES string of the molecule is C=CCOc1ccc(C(=O)N/N=C/c2cc(Br)c(Oc3ccc(C(F)(F)F)cc3[N+](=O)[O-])c(OC)c2)cc1OCC. The Labute approximate surface area is 240 Å². The van der Waals surface area contributed by atoms with Crippen molar-refractivity contribution in [2.75, 3.05) is 20.3 Å². The molecule has 0 heterocycles. The summed E-state index contributed by atoms with van der Waals surface area (Å²) >= 11 is 3.27. The summed E-state index contributed by atoms with van der Waals surface area (Å²) in [5.74, 6) is -0.0751. The van der Waals surface area contributed by atoms with Crippen LogP contribution >= 0.6 is 15.9 Å². The van der Waals surface area contributed by atoms with Gasteiger partial charge in [0.15, 0.2) is 23.0 Å². The van der Waals surface area contributed by atoms with E-state index in [1.807, 2.05) is 0 Å². The van der Waals surface area contributed by atoms with Gasteiger partial charge < -0.3 is 18.9 Å². The van der Waals surface area contributed by atoms with Crippen molar-refractivity contribution >= 4 is 33.7 Å². The van der Waals surface area contributed by atoms with Gasteiger partial charge >= 0.3 is 11.9 Å². The van der Waals surface area contributed by atoms with Crippen molar-refractivity contribution in [1.82, 2.24) is 5.43 Å². The van der Waals surface area contributed by atoms with Crippen LogP contribution in [0.25, 0.3) is 0 Å². The number of benzene rings is 3. The molecule has 3 rings (SSSR count). The van der Waals surface area contributed by atoms with E-state index in [1.54, 1.807) is 19.1 Å². The first-order valence-corrected chi connectivity index (χ1v) is 12.5. The van der Waals surface area contributed by atoms with Crippen LogP contribution in [0.4, 0.5) is 18.9 Å². The topological polar surface area (TPSA) is 122 Å². The molecule has 0 atom stereocenters. The van der Waals surface area contributed by atoms with Crippen LogP contribution in [0.5, 0.6) is 28.7 Å². The van der Waals surface area contributed by atoms with Crippen molar-refractivity contribution in [3.63, 3.8) is 0 Å². The molecule has 1 amide bonds. The molecule has 0 aliphatic carbocycles. The van der Waals surface area contributed by atoms with Gasteiger partial charge in [-0.05, 0) is 70.9 Å². The van der Waals surface area contributed by atoms with Gasteiger partial charge in [-0.15, -0.1) is 0 Å². The fourth-order valence-electron chi connectivity index (χ4n) is 3.36. The van der Waals surface area contributed by atoms with Crippen LogP contribution in [0.15, 0.2) is 70.8 Å². The highest BCUT2D eigenvalue weighted by molar-refractivity contribution is 9.10. The van der Waals surface area contributed by atoms with Gasteiger partial charge in [0, 0.05) is 11.6 Å². The van der Waals surface area contributed by atoms with E-state index in [9.17, 15) is 28.1 Å². The minimum Gasteiger partial charge on any atom is -0.493 e. The van der Waals surface area contributed by atoms with Gasteiger partial charge in [0.2, 0.25) is 5.75 Å². The summed E-state index contributed by atoms with van der Waals surface area (Å²) in [5, 5.41) is 15.4. The van der Waals surface area contributed by atoms with Crippen LogP contribution < -0.4 is 24.4 Å². The Morgan fingerprint density at radius 1 is 1.10 bits per heavy atom. The number of alkyl halides is 3. The highest BCUT2D eigenvalue weighted by atomic mass is 79.9. The Bertz CT molecular complexity index is 1480. The number of methoxy groups -OCH3 is 1. The Kier molecular flexibility index (Phi) is 10.3. The highest BCUT2D eigenvalue weighted by Gasteiger charge is 2.33. The number of nitrogens with one attached hydrogen (secondary N) is 1. The lowest BCUT2D eigenvalue weighted by Gasteiger charge is -2.14. The maximum atomic E-state index is 13.0. The standard InChI is InChI=1S/C27H23BrF3N3O7/c1-4-10-40-22-8-6-17(13-23(22)39-5-2)26(35)33-32-15-16-11-19(28)25(24(12-16)38-3)41-21-9-7-18(27(29,30)31)14-20(21)34(36)37/h4,6-9,11-15H,1,5,10H2,2-3H3,(H,33,35)/b32-15+. The van der Waals surface area contributed by atoms with E-state index in [2.05, 4.69) is 33.0 Å². The summed E-state index contributed by atoms with van der Waals surface area (Å²) in [6.45, 7) is 6.01. The Balaban J connectivity index is 1.80. The third-order valence-corrected chi connectivity index (χ3v) is 5.78. The Morgan fingerprint density at radius 3 is 2.46 bits per heavy atom. The zero-order valence-corrected chi connectivity index (χ0v) is 23.2. The van der Waals surface area contributed by atoms with Crippen molar-refractivity contribution in [2.45, 2.75) is 13.1 Å². The van der Waals surface area contributed by atoms with Gasteiger partial charge in [-0.2, -0.15) is 18.3 Å². The second-order valence-corrected chi connectivity index (χ2v) is 8.82. The molecule has 1 N–H and O–H groups in total. The largest absolute Gasteiger partial charge is 0.493 e. The second-order valence-electron chi connectivity index (χ2n) is 7.97. The number of ether oxygens (including phenoxy) is 4. The number of rotatable bonds is 12. The van der Waals surface area contributed by atoms with Crippen LogP contribution in [0.2, 0.25) is 0 Å². The predicted octanol–water partition coefficient (Wildman–Crippen LogP) is 6.90. The van der Waals surface area contributed by atoms with Gasteiger partial charge in [-0.3, -0.25) is 14.9 Å². The zero-order valence-electron chi connectivity index (χ0n) is 21.7. The summed E-state index contributed by atoms with van der Waals surface area (Å²) in [6, 6.07) is 9.51. The fraction of sp³-hybridized carbons (Fsp3) is 0.185. The van der Waals surface area contributed by atoms with E-state index in [4.69, 9.17) is 18.9 Å². The number of nitrogens with zero attached hydrogens (tertiary/aromatic N) is 2. The lowest BCUT2D eigenvalue weighted by atomic mass is 10.1.